The molecule has 15 heavy (non-hydrogen) atoms. The second-order valence-corrected chi connectivity index (χ2v) is 5.30. The van der Waals surface area contributed by atoms with Gasteiger partial charge >= 0.3 is 0 Å². The number of hydrogen-bond acceptors (Lipinski definition) is 3. The number of nitrogens with one attached hydrogen (secondary N) is 1. The first-order valence-corrected chi connectivity index (χ1v) is 6.29. The van der Waals surface area contributed by atoms with Crippen molar-refractivity contribution in [1.82, 2.24) is 9.88 Å². The van der Waals surface area contributed by atoms with Crippen LogP contribution in [0.4, 0.5) is 0 Å². The summed E-state index contributed by atoms with van der Waals surface area (Å²) in [6.07, 6.45) is 1.58. The van der Waals surface area contributed by atoms with E-state index >= 15 is 0 Å². The maximum atomic E-state index is 11.2. The molecule has 1 aromatic heterocycles. The van der Waals surface area contributed by atoms with Gasteiger partial charge in [0.05, 0.1) is 4.90 Å². The van der Waals surface area contributed by atoms with Gasteiger partial charge in [-0.15, -0.1) is 0 Å². The molecule has 1 heterocycles. The molecule has 0 atom stereocenters. The van der Waals surface area contributed by atoms with Crippen molar-refractivity contribution < 1.29 is 8.42 Å². The lowest BCUT2D eigenvalue weighted by atomic mass is 10.3. The quantitative estimate of drug-likeness (QED) is 0.789. The highest BCUT2D eigenvalue weighted by Gasteiger charge is 2.14. The van der Waals surface area contributed by atoms with E-state index in [9.17, 15) is 8.42 Å². The maximum absolute atomic E-state index is 11.2. The Morgan fingerprint density at radius 1 is 1.53 bits per heavy atom. The first kappa shape index (κ1) is 12.2. The molecule has 0 aliphatic rings. The molecule has 0 radical (unpaired) electrons. The minimum Gasteiger partial charge on any atom is -0.346 e. The van der Waals surface area contributed by atoms with E-state index in [1.54, 1.807) is 12.3 Å². The average Bonchev–Trinajstić information content (AvgIpc) is 2.48. The summed E-state index contributed by atoms with van der Waals surface area (Å²) in [5.74, 6) is 0. The van der Waals surface area contributed by atoms with Crippen molar-refractivity contribution in [3.8, 4) is 0 Å². The molecule has 0 spiro atoms. The number of nitrogens with zero attached hydrogens (tertiary/aromatic N) is 1. The minimum atomic E-state index is -3.60. The zero-order chi connectivity index (χ0) is 11.6. The third-order valence-electron chi connectivity index (χ3n) is 2.15. The molecule has 0 amide bonds. The first-order chi connectivity index (χ1) is 6.86. The lowest BCUT2D eigenvalue weighted by molar-refractivity contribution is 0.562. The number of rotatable bonds is 4. The van der Waals surface area contributed by atoms with Gasteiger partial charge in [-0.3, -0.25) is 0 Å². The molecular formula is C9H17N3O2S. The van der Waals surface area contributed by atoms with Gasteiger partial charge in [-0.05, 0) is 27.0 Å². The average molecular weight is 231 g/mol. The second-order valence-electron chi connectivity index (χ2n) is 3.74. The molecule has 1 rings (SSSR count). The predicted octanol–water partition coefficient (Wildman–Crippen LogP) is 0.436. The number of sulfonamides is 1. The molecule has 0 bridgehead atoms. The molecule has 0 unspecified atom stereocenters. The van der Waals surface area contributed by atoms with Crippen LogP contribution < -0.4 is 10.5 Å². The zero-order valence-electron chi connectivity index (χ0n) is 9.19. The minimum absolute atomic E-state index is 0.168. The van der Waals surface area contributed by atoms with E-state index in [-0.39, 0.29) is 10.9 Å². The van der Waals surface area contributed by atoms with E-state index in [1.165, 1.54) is 0 Å². The van der Waals surface area contributed by atoms with E-state index in [4.69, 9.17) is 5.14 Å². The van der Waals surface area contributed by atoms with Gasteiger partial charge in [-0.2, -0.15) is 0 Å². The SMILES string of the molecule is CNCc1cc(S(N)(=O)=O)cn1C(C)C. The van der Waals surface area contributed by atoms with Gasteiger partial charge in [0, 0.05) is 24.5 Å². The molecule has 0 fully saturated rings. The zero-order valence-corrected chi connectivity index (χ0v) is 10.0. The summed E-state index contributed by atoms with van der Waals surface area (Å²) in [5.41, 5.74) is 0.913. The molecule has 3 N–H and O–H groups in total. The summed E-state index contributed by atoms with van der Waals surface area (Å²) in [6, 6.07) is 1.81. The molecule has 5 nitrogen and oxygen atoms in total. The van der Waals surface area contributed by atoms with Crippen molar-refractivity contribution in [2.24, 2.45) is 5.14 Å². The summed E-state index contributed by atoms with van der Waals surface area (Å²) in [7, 11) is -1.79. The van der Waals surface area contributed by atoms with Crippen molar-refractivity contribution in [2.75, 3.05) is 7.05 Å². The van der Waals surface area contributed by atoms with Gasteiger partial charge in [0.25, 0.3) is 0 Å². The van der Waals surface area contributed by atoms with E-state index in [1.807, 2.05) is 25.5 Å². The van der Waals surface area contributed by atoms with Crippen LogP contribution in [0.1, 0.15) is 25.6 Å². The standard InChI is InChI=1S/C9H17N3O2S/c1-7(2)12-6-9(15(10,13)14)4-8(12)5-11-3/h4,6-7,11H,5H2,1-3H3,(H2,10,13,14). The van der Waals surface area contributed by atoms with Crippen molar-refractivity contribution in [1.29, 1.82) is 0 Å². The van der Waals surface area contributed by atoms with Gasteiger partial charge in [-0.25, -0.2) is 13.6 Å². The molecular weight excluding hydrogens is 214 g/mol. The van der Waals surface area contributed by atoms with Crippen molar-refractivity contribution in [2.45, 2.75) is 31.3 Å². The van der Waals surface area contributed by atoms with Crippen LogP contribution in [-0.2, 0) is 16.6 Å². The van der Waals surface area contributed by atoms with Crippen LogP contribution in [0.25, 0.3) is 0 Å². The van der Waals surface area contributed by atoms with Crippen LogP contribution in [-0.4, -0.2) is 20.0 Å². The Kier molecular flexibility index (Phi) is 3.54. The monoisotopic (exact) mass is 231 g/mol. The molecule has 0 aromatic carbocycles. The highest BCUT2D eigenvalue weighted by molar-refractivity contribution is 7.89. The van der Waals surface area contributed by atoms with E-state index in [2.05, 4.69) is 5.32 Å². The fourth-order valence-electron chi connectivity index (χ4n) is 1.46. The first-order valence-electron chi connectivity index (χ1n) is 4.74. The van der Waals surface area contributed by atoms with Gasteiger partial charge in [-0.1, -0.05) is 0 Å². The molecule has 0 aliphatic carbocycles. The highest BCUT2D eigenvalue weighted by atomic mass is 32.2. The third-order valence-corrected chi connectivity index (χ3v) is 3.03. The molecule has 6 heteroatoms. The Balaban J connectivity index is 3.21. The van der Waals surface area contributed by atoms with Crippen LogP contribution in [0, 0.1) is 0 Å². The van der Waals surface area contributed by atoms with Gasteiger partial charge < -0.3 is 9.88 Å². The van der Waals surface area contributed by atoms with Gasteiger partial charge in [0.15, 0.2) is 0 Å². The van der Waals surface area contributed by atoms with Gasteiger partial charge in [0.2, 0.25) is 10.0 Å². The van der Waals surface area contributed by atoms with Crippen LogP contribution in [0.3, 0.4) is 0 Å². The van der Waals surface area contributed by atoms with Crippen LogP contribution in [0.5, 0.6) is 0 Å². The Bertz CT molecular complexity index is 434. The maximum Gasteiger partial charge on any atom is 0.239 e. The summed E-state index contributed by atoms with van der Waals surface area (Å²) in [6.45, 7) is 4.60. The van der Waals surface area contributed by atoms with Crippen LogP contribution >= 0.6 is 0 Å². The Hall–Kier alpha value is -0.850. The Labute approximate surface area is 90.3 Å². The summed E-state index contributed by atoms with van der Waals surface area (Å²) in [4.78, 5) is 0.168. The topological polar surface area (TPSA) is 77.1 Å². The summed E-state index contributed by atoms with van der Waals surface area (Å²) >= 11 is 0. The summed E-state index contributed by atoms with van der Waals surface area (Å²) < 4.78 is 24.2. The van der Waals surface area contributed by atoms with Gasteiger partial charge in [0.1, 0.15) is 0 Å². The Morgan fingerprint density at radius 2 is 2.13 bits per heavy atom. The molecule has 86 valence electrons. The second kappa shape index (κ2) is 4.34. The summed E-state index contributed by atoms with van der Waals surface area (Å²) in [5, 5.41) is 8.06. The van der Waals surface area contributed by atoms with E-state index < -0.39 is 10.0 Å². The van der Waals surface area contributed by atoms with Crippen molar-refractivity contribution in [3.05, 3.63) is 18.0 Å². The normalized spacial score (nSPS) is 12.3. The smallest absolute Gasteiger partial charge is 0.239 e. The fraction of sp³-hybridized carbons (Fsp3) is 0.556. The van der Waals surface area contributed by atoms with Crippen LogP contribution in [0.2, 0.25) is 0 Å². The molecule has 0 aliphatic heterocycles. The van der Waals surface area contributed by atoms with Crippen molar-refractivity contribution >= 4 is 10.0 Å². The fourth-order valence-corrected chi connectivity index (χ4v) is 2.02. The Morgan fingerprint density at radius 3 is 2.53 bits per heavy atom. The lowest BCUT2D eigenvalue weighted by Gasteiger charge is -2.11. The number of hydrogen-bond donors (Lipinski definition) is 2. The molecule has 1 aromatic rings. The van der Waals surface area contributed by atoms with E-state index in [0.29, 0.717) is 6.54 Å². The molecule has 0 saturated heterocycles. The number of nitrogens with two attached hydrogens (primary N) is 1. The number of aromatic nitrogens is 1. The molecule has 0 saturated carbocycles. The predicted molar refractivity (Wildman–Crippen MR) is 59.0 cm³/mol. The third kappa shape index (κ3) is 2.80. The largest absolute Gasteiger partial charge is 0.346 e. The van der Waals surface area contributed by atoms with Crippen molar-refractivity contribution in [3.63, 3.8) is 0 Å². The number of primary sulfonamides is 1. The van der Waals surface area contributed by atoms with E-state index in [0.717, 1.165) is 5.69 Å². The highest BCUT2D eigenvalue weighted by Crippen LogP contribution is 2.17. The van der Waals surface area contributed by atoms with Crippen LogP contribution in [0.15, 0.2) is 17.2 Å². The lowest BCUT2D eigenvalue weighted by Crippen LogP contribution is -2.12.